The monoisotopic (exact) mass is 365 g/mol. The number of imidazole rings is 1. The molecule has 0 fully saturated rings. The summed E-state index contributed by atoms with van der Waals surface area (Å²) >= 11 is 0. The molecule has 2 aromatic carbocycles. The fourth-order valence-electron chi connectivity index (χ4n) is 2.71. The van der Waals surface area contributed by atoms with Crippen LogP contribution in [0.5, 0.6) is 5.75 Å². The van der Waals surface area contributed by atoms with E-state index in [2.05, 4.69) is 19.9 Å². The molecule has 6 nitrogen and oxygen atoms in total. The lowest BCUT2D eigenvalue weighted by molar-refractivity contribution is 0.0991. The van der Waals surface area contributed by atoms with E-state index >= 15 is 0 Å². The normalized spacial score (nSPS) is 15.1. The van der Waals surface area contributed by atoms with Crippen LogP contribution in [0.4, 0.5) is 0 Å². The fourth-order valence-corrected chi connectivity index (χ4v) is 2.71. The molecule has 0 aliphatic rings. The Morgan fingerprint density at radius 1 is 1.22 bits per heavy atom. The molecular formula is C21H18N4O2. The van der Waals surface area contributed by atoms with Gasteiger partial charge in [0.05, 0.1) is 52.5 Å². The maximum Gasteiger partial charge on any atom is 0.168 e. The Hall–Kier alpha value is -3.54. The van der Waals surface area contributed by atoms with Gasteiger partial charge in [-0.15, -0.1) is 0 Å². The summed E-state index contributed by atoms with van der Waals surface area (Å²) in [6.45, 7) is 0. The van der Waals surface area contributed by atoms with Gasteiger partial charge in [0.15, 0.2) is 5.78 Å². The van der Waals surface area contributed by atoms with Crippen LogP contribution in [0, 0.1) is 0 Å². The molecule has 0 spiro atoms. The van der Waals surface area contributed by atoms with Crippen molar-refractivity contribution >= 4 is 16.7 Å². The number of carbonyl (C=O) groups excluding carboxylic acids is 1. The van der Waals surface area contributed by atoms with Crippen molar-refractivity contribution in [2.45, 2.75) is 6.42 Å². The van der Waals surface area contributed by atoms with Gasteiger partial charge >= 0.3 is 0 Å². The number of nitrogens with zero attached hydrogens (tertiary/aromatic N) is 4. The third-order valence-electron chi connectivity index (χ3n) is 4.07. The topological polar surface area (TPSA) is 69.9 Å². The highest BCUT2D eigenvalue weighted by atomic mass is 16.5. The Kier molecular flexibility index (Phi) is 2.74. The minimum atomic E-state index is -2.97. The van der Waals surface area contributed by atoms with Crippen LogP contribution in [-0.4, -0.2) is 32.6 Å². The molecule has 2 heterocycles. The maximum absolute atomic E-state index is 13.0. The number of methoxy groups -OCH3 is 1. The molecule has 0 N–H and O–H groups in total. The lowest BCUT2D eigenvalue weighted by Gasteiger charge is -2.06. The van der Waals surface area contributed by atoms with Crippen LogP contribution in [0.1, 0.15) is 25.6 Å². The molecule has 0 amide bonds. The van der Waals surface area contributed by atoms with E-state index in [-0.39, 0.29) is 12.1 Å². The summed E-state index contributed by atoms with van der Waals surface area (Å²) in [7, 11) is -1.10. The largest absolute Gasteiger partial charge is 0.497 e. The smallest absolute Gasteiger partial charge is 0.168 e. The molecule has 27 heavy (non-hydrogen) atoms. The summed E-state index contributed by atoms with van der Waals surface area (Å²) in [5, 5.41) is 8.90. The Morgan fingerprint density at radius 2 is 2.07 bits per heavy atom. The number of Topliss-reactive ketones (excluding diaryl/α,β-unsaturated/α-hetero) is 1. The molecule has 6 heteroatoms. The van der Waals surface area contributed by atoms with Gasteiger partial charge in [0.2, 0.25) is 0 Å². The number of hydrogen-bond donors (Lipinski definition) is 0. The maximum atomic E-state index is 13.0. The zero-order valence-electron chi connectivity index (χ0n) is 21.3. The first-order chi connectivity index (χ1) is 16.0. The quantitative estimate of drug-likeness (QED) is 0.507. The number of rotatable bonds is 5. The van der Waals surface area contributed by atoms with E-state index in [1.54, 1.807) is 24.7 Å². The van der Waals surface area contributed by atoms with Gasteiger partial charge in [-0.2, -0.15) is 10.2 Å². The first kappa shape index (κ1) is 10.6. The van der Waals surface area contributed by atoms with E-state index < -0.39 is 48.3 Å². The average molecular weight is 365 g/mol. The fraction of sp³-hybridized carbons (Fsp3) is 0.143. The van der Waals surface area contributed by atoms with Gasteiger partial charge in [-0.1, -0.05) is 6.07 Å². The van der Waals surface area contributed by atoms with Gasteiger partial charge in [-0.05, 0) is 42.4 Å². The predicted octanol–water partition coefficient (Wildman–Crippen LogP) is 3.46. The summed E-state index contributed by atoms with van der Waals surface area (Å²) in [6.07, 6.45) is 3.08. The number of aromatic nitrogens is 4. The summed E-state index contributed by atoms with van der Waals surface area (Å²) < 4.78 is 60.2. The van der Waals surface area contributed by atoms with Crippen molar-refractivity contribution in [2.75, 3.05) is 7.04 Å². The number of benzene rings is 2. The van der Waals surface area contributed by atoms with Crippen molar-refractivity contribution in [3.8, 4) is 17.0 Å². The highest BCUT2D eigenvalue weighted by Gasteiger charge is 2.11. The van der Waals surface area contributed by atoms with Gasteiger partial charge in [-0.3, -0.25) is 4.79 Å². The van der Waals surface area contributed by atoms with Crippen molar-refractivity contribution in [1.82, 2.24) is 19.7 Å². The first-order valence-corrected chi connectivity index (χ1v) is 8.02. The van der Waals surface area contributed by atoms with E-state index in [9.17, 15) is 4.79 Å². The molecule has 0 atom stereocenters. The van der Waals surface area contributed by atoms with E-state index in [0.29, 0.717) is 5.52 Å². The summed E-state index contributed by atoms with van der Waals surface area (Å²) in [4.78, 5) is 17.1. The van der Waals surface area contributed by atoms with E-state index in [0.717, 1.165) is 16.6 Å². The molecule has 0 saturated carbocycles. The van der Waals surface area contributed by atoms with E-state index in [1.165, 1.54) is 0 Å². The van der Waals surface area contributed by atoms with Crippen molar-refractivity contribution in [1.29, 1.82) is 0 Å². The van der Waals surface area contributed by atoms with Crippen molar-refractivity contribution in [2.24, 2.45) is 7.05 Å². The number of carbonyl (C=O) groups is 1. The number of aryl methyl sites for hydroxylation is 1. The molecule has 4 rings (SSSR count). The van der Waals surface area contributed by atoms with Crippen molar-refractivity contribution in [3.05, 3.63) is 72.2 Å². The first-order valence-electron chi connectivity index (χ1n) is 11.5. The van der Waals surface area contributed by atoms with Crippen LogP contribution in [-0.2, 0) is 13.5 Å². The second kappa shape index (κ2) is 6.99. The Bertz CT molecular complexity index is 1400. The third-order valence-corrected chi connectivity index (χ3v) is 4.07. The van der Waals surface area contributed by atoms with Gasteiger partial charge in [0.25, 0.3) is 0 Å². The molecule has 2 aromatic heterocycles. The lowest BCUT2D eigenvalue weighted by Crippen LogP contribution is -2.06. The van der Waals surface area contributed by atoms with Crippen LogP contribution >= 0.6 is 0 Å². The zero-order chi connectivity index (χ0) is 24.8. The van der Waals surface area contributed by atoms with Crippen molar-refractivity contribution in [3.63, 3.8) is 0 Å². The molecule has 0 saturated heterocycles. The molecular weight excluding hydrogens is 340 g/mol. The van der Waals surface area contributed by atoms with Crippen LogP contribution in [0.3, 0.4) is 0 Å². The molecule has 4 aromatic rings. The number of hydrogen-bond acceptors (Lipinski definition) is 5. The molecule has 0 unspecified atom stereocenters. The SMILES string of the molecule is [2H]c1c([2H])c(C(=O)Cc2cc3cc(-c4cncn4C)ccc3nn2)c([2H])c([2H])c1OC([2H])([2H])[2H]. The number of fused-ring (bicyclic) bond motifs is 1. The average Bonchev–Trinajstić information content (AvgIpc) is 3.20. The minimum Gasteiger partial charge on any atom is -0.497 e. The van der Waals surface area contributed by atoms with Gasteiger partial charge in [0.1, 0.15) is 5.75 Å². The van der Waals surface area contributed by atoms with Gasteiger partial charge in [0, 0.05) is 23.6 Å². The minimum absolute atomic E-state index is 0.277. The second-order valence-electron chi connectivity index (χ2n) is 5.91. The van der Waals surface area contributed by atoms with Gasteiger partial charge in [-0.25, -0.2) is 4.98 Å². The zero-order valence-corrected chi connectivity index (χ0v) is 14.3. The Morgan fingerprint density at radius 3 is 2.81 bits per heavy atom. The Balaban J connectivity index is 1.68. The lowest BCUT2D eigenvalue weighted by atomic mass is 10.0. The van der Waals surface area contributed by atoms with Crippen LogP contribution in [0.25, 0.3) is 22.2 Å². The summed E-state index contributed by atoms with van der Waals surface area (Å²) in [5.74, 6) is -1.45. The summed E-state index contributed by atoms with van der Waals surface area (Å²) in [5.41, 5.74) is 2.19. The highest BCUT2D eigenvalue weighted by Crippen LogP contribution is 2.23. The van der Waals surface area contributed by atoms with E-state index in [4.69, 9.17) is 9.60 Å². The van der Waals surface area contributed by atoms with Crippen LogP contribution in [0.15, 0.2) is 61.0 Å². The molecule has 0 aliphatic carbocycles. The van der Waals surface area contributed by atoms with Crippen LogP contribution < -0.4 is 4.74 Å². The highest BCUT2D eigenvalue weighted by molar-refractivity contribution is 5.97. The summed E-state index contributed by atoms with van der Waals surface area (Å²) in [6, 6.07) is 4.37. The number of ether oxygens (including phenoxy) is 1. The Labute approximate surface area is 166 Å². The molecule has 134 valence electrons. The predicted molar refractivity (Wildman–Crippen MR) is 103 cm³/mol. The molecule has 0 radical (unpaired) electrons. The van der Waals surface area contributed by atoms with Crippen molar-refractivity contribution < 1.29 is 19.1 Å². The molecule has 0 bridgehead atoms. The van der Waals surface area contributed by atoms with Crippen LogP contribution in [0.2, 0.25) is 0 Å². The number of ketones is 1. The standard InChI is InChI=1S/C21H18N4O2/c1-25-13-22-12-20(25)15-5-8-19-16(9-15)10-17(23-24-19)11-21(26)14-3-6-18(27-2)7-4-14/h3-10,12-13H,11H2,1-2H3/i2D3,3D,4D,6D,7D. The van der Waals surface area contributed by atoms with E-state index in [1.807, 2.05) is 23.7 Å². The molecule has 0 aliphatic heterocycles. The third kappa shape index (κ3) is 3.42. The second-order valence-corrected chi connectivity index (χ2v) is 5.91. The van der Waals surface area contributed by atoms with Gasteiger partial charge < -0.3 is 9.30 Å².